The standard InChI is InChI=1S/C14H24N2O4/c17-8-5-14(3-4-14)10-15-9-12(18)16-6-1-11(2-7-16)13(19)20/h11,15,17H,1-10H2,(H,19,20). The Hall–Kier alpha value is -1.14. The van der Waals surface area contributed by atoms with E-state index in [2.05, 4.69) is 5.32 Å². The van der Waals surface area contributed by atoms with E-state index >= 15 is 0 Å². The van der Waals surface area contributed by atoms with E-state index in [4.69, 9.17) is 10.2 Å². The quantitative estimate of drug-likeness (QED) is 0.615. The maximum atomic E-state index is 12.0. The Morgan fingerprint density at radius 3 is 2.40 bits per heavy atom. The molecule has 1 aliphatic heterocycles. The van der Waals surface area contributed by atoms with E-state index in [1.54, 1.807) is 4.90 Å². The molecule has 1 saturated heterocycles. The first-order valence-corrected chi connectivity index (χ1v) is 7.38. The van der Waals surface area contributed by atoms with Crippen LogP contribution < -0.4 is 5.32 Å². The molecular formula is C14H24N2O4. The first kappa shape index (κ1) is 15.3. The van der Waals surface area contributed by atoms with Crippen molar-refractivity contribution < 1.29 is 19.8 Å². The van der Waals surface area contributed by atoms with Gasteiger partial charge in [-0.2, -0.15) is 0 Å². The van der Waals surface area contributed by atoms with Gasteiger partial charge in [-0.1, -0.05) is 0 Å². The first-order chi connectivity index (χ1) is 9.56. The molecule has 0 spiro atoms. The van der Waals surface area contributed by atoms with Crippen LogP contribution >= 0.6 is 0 Å². The minimum absolute atomic E-state index is 0.0497. The van der Waals surface area contributed by atoms with Crippen LogP contribution in [0.2, 0.25) is 0 Å². The second-order valence-corrected chi connectivity index (χ2v) is 6.07. The highest BCUT2D eigenvalue weighted by Crippen LogP contribution is 2.47. The second-order valence-electron chi connectivity index (χ2n) is 6.07. The fraction of sp³-hybridized carbons (Fsp3) is 0.857. The second kappa shape index (κ2) is 6.54. The molecule has 3 N–H and O–H groups in total. The van der Waals surface area contributed by atoms with Gasteiger partial charge in [0.25, 0.3) is 0 Å². The van der Waals surface area contributed by atoms with Gasteiger partial charge in [-0.05, 0) is 37.5 Å². The number of aliphatic hydroxyl groups excluding tert-OH is 1. The average molecular weight is 284 g/mol. The normalized spacial score (nSPS) is 21.8. The number of likely N-dealkylation sites (tertiary alicyclic amines) is 1. The zero-order valence-corrected chi connectivity index (χ0v) is 11.8. The molecule has 2 rings (SSSR count). The zero-order valence-electron chi connectivity index (χ0n) is 11.8. The molecule has 0 aromatic carbocycles. The van der Waals surface area contributed by atoms with Gasteiger partial charge in [-0.25, -0.2) is 0 Å². The molecular weight excluding hydrogens is 260 g/mol. The Morgan fingerprint density at radius 2 is 1.90 bits per heavy atom. The van der Waals surface area contributed by atoms with Gasteiger partial charge in [-0.15, -0.1) is 0 Å². The molecule has 6 heteroatoms. The first-order valence-electron chi connectivity index (χ1n) is 7.38. The molecule has 1 saturated carbocycles. The van der Waals surface area contributed by atoms with Gasteiger partial charge in [0.2, 0.25) is 5.91 Å². The molecule has 0 unspecified atom stereocenters. The van der Waals surface area contributed by atoms with Crippen molar-refractivity contribution in [1.29, 1.82) is 0 Å². The number of aliphatic hydroxyl groups is 1. The highest BCUT2D eigenvalue weighted by molar-refractivity contribution is 5.78. The summed E-state index contributed by atoms with van der Waals surface area (Å²) >= 11 is 0. The largest absolute Gasteiger partial charge is 0.481 e. The minimum Gasteiger partial charge on any atom is -0.481 e. The molecule has 0 bridgehead atoms. The van der Waals surface area contributed by atoms with Gasteiger partial charge in [0.15, 0.2) is 0 Å². The predicted octanol–water partition coefficient (Wildman–Crippen LogP) is 0.0618. The van der Waals surface area contributed by atoms with Gasteiger partial charge in [0.05, 0.1) is 12.5 Å². The summed E-state index contributed by atoms with van der Waals surface area (Å²) in [4.78, 5) is 24.6. The van der Waals surface area contributed by atoms with Gasteiger partial charge in [0, 0.05) is 26.2 Å². The highest BCUT2D eigenvalue weighted by atomic mass is 16.4. The van der Waals surface area contributed by atoms with Crippen LogP contribution in [0.5, 0.6) is 0 Å². The van der Waals surface area contributed by atoms with Gasteiger partial charge in [-0.3, -0.25) is 9.59 Å². The lowest BCUT2D eigenvalue weighted by atomic mass is 9.97. The molecule has 0 atom stereocenters. The van der Waals surface area contributed by atoms with Crippen molar-refractivity contribution in [1.82, 2.24) is 10.2 Å². The molecule has 2 aliphatic rings. The Balaban J connectivity index is 1.65. The summed E-state index contributed by atoms with van der Waals surface area (Å²) in [6.07, 6.45) is 4.15. The van der Waals surface area contributed by atoms with Crippen molar-refractivity contribution >= 4 is 11.9 Å². The molecule has 1 aliphatic carbocycles. The summed E-state index contributed by atoms with van der Waals surface area (Å²) in [5.41, 5.74) is 0.214. The van der Waals surface area contributed by atoms with Crippen LogP contribution in [0.15, 0.2) is 0 Å². The van der Waals surface area contributed by atoms with Crippen LogP contribution in [-0.2, 0) is 9.59 Å². The smallest absolute Gasteiger partial charge is 0.306 e. The predicted molar refractivity (Wildman–Crippen MR) is 73.2 cm³/mol. The maximum absolute atomic E-state index is 12.0. The minimum atomic E-state index is -0.755. The van der Waals surface area contributed by atoms with Crippen LogP contribution in [0.3, 0.4) is 0 Å². The number of carbonyl (C=O) groups is 2. The summed E-state index contributed by atoms with van der Waals surface area (Å²) in [5.74, 6) is -1.00. The third-order valence-electron chi connectivity index (χ3n) is 4.57. The Kier molecular flexibility index (Phi) is 4.99. The number of aliphatic carboxylic acids is 1. The van der Waals surface area contributed by atoms with Crippen molar-refractivity contribution in [3.05, 3.63) is 0 Å². The lowest BCUT2D eigenvalue weighted by Crippen LogP contribution is -2.44. The topological polar surface area (TPSA) is 89.9 Å². The summed E-state index contributed by atoms with van der Waals surface area (Å²) in [6, 6.07) is 0. The summed E-state index contributed by atoms with van der Waals surface area (Å²) in [5, 5.41) is 21.1. The number of hydrogen-bond donors (Lipinski definition) is 3. The van der Waals surface area contributed by atoms with Crippen LogP contribution in [0.4, 0.5) is 0 Å². The number of hydrogen-bond acceptors (Lipinski definition) is 4. The Bertz CT molecular complexity index is 360. The summed E-state index contributed by atoms with van der Waals surface area (Å²) < 4.78 is 0. The molecule has 0 aromatic rings. The molecule has 0 aromatic heterocycles. The summed E-state index contributed by atoms with van der Waals surface area (Å²) in [6.45, 7) is 2.38. The number of nitrogens with zero attached hydrogens (tertiary/aromatic N) is 1. The van der Waals surface area contributed by atoms with Gasteiger partial charge >= 0.3 is 5.97 Å². The van der Waals surface area contributed by atoms with Crippen LogP contribution in [-0.4, -0.2) is 59.8 Å². The number of rotatable bonds is 7. The fourth-order valence-corrected chi connectivity index (χ4v) is 2.85. The zero-order chi connectivity index (χ0) is 14.6. The lowest BCUT2D eigenvalue weighted by Gasteiger charge is -2.30. The molecule has 114 valence electrons. The van der Waals surface area contributed by atoms with E-state index < -0.39 is 5.97 Å². The summed E-state index contributed by atoms with van der Waals surface area (Å²) in [7, 11) is 0. The SMILES string of the molecule is O=C(O)C1CCN(C(=O)CNCC2(CCO)CC2)CC1. The van der Waals surface area contributed by atoms with Crippen molar-refractivity contribution in [2.24, 2.45) is 11.3 Å². The monoisotopic (exact) mass is 284 g/mol. The van der Waals surface area contributed by atoms with Crippen molar-refractivity contribution in [3.8, 4) is 0 Å². The molecule has 2 fully saturated rings. The van der Waals surface area contributed by atoms with E-state index in [0.29, 0.717) is 32.5 Å². The third-order valence-corrected chi connectivity index (χ3v) is 4.57. The number of carboxylic acids is 1. The van der Waals surface area contributed by atoms with E-state index in [-0.39, 0.29) is 23.8 Å². The van der Waals surface area contributed by atoms with E-state index in [1.165, 1.54) is 0 Å². The van der Waals surface area contributed by atoms with Gasteiger partial charge in [0.1, 0.15) is 0 Å². The Morgan fingerprint density at radius 1 is 1.25 bits per heavy atom. The van der Waals surface area contributed by atoms with E-state index in [1.807, 2.05) is 0 Å². The van der Waals surface area contributed by atoms with Crippen molar-refractivity contribution in [2.45, 2.75) is 32.1 Å². The maximum Gasteiger partial charge on any atom is 0.306 e. The Labute approximate surface area is 119 Å². The highest BCUT2D eigenvalue weighted by Gasteiger charge is 2.41. The van der Waals surface area contributed by atoms with Crippen molar-refractivity contribution in [3.63, 3.8) is 0 Å². The van der Waals surface area contributed by atoms with Crippen LogP contribution in [0.25, 0.3) is 0 Å². The lowest BCUT2D eigenvalue weighted by molar-refractivity contribution is -0.145. The third kappa shape index (κ3) is 3.93. The average Bonchev–Trinajstić information content (AvgIpc) is 3.19. The van der Waals surface area contributed by atoms with E-state index in [9.17, 15) is 9.59 Å². The van der Waals surface area contributed by atoms with Crippen LogP contribution in [0, 0.1) is 11.3 Å². The van der Waals surface area contributed by atoms with E-state index in [0.717, 1.165) is 25.8 Å². The molecule has 1 heterocycles. The van der Waals surface area contributed by atoms with Crippen molar-refractivity contribution in [2.75, 3.05) is 32.8 Å². The number of nitrogens with one attached hydrogen (secondary N) is 1. The fourth-order valence-electron chi connectivity index (χ4n) is 2.85. The van der Waals surface area contributed by atoms with Gasteiger partial charge < -0.3 is 20.4 Å². The molecule has 1 amide bonds. The number of amides is 1. The van der Waals surface area contributed by atoms with Crippen LogP contribution in [0.1, 0.15) is 32.1 Å². The molecule has 20 heavy (non-hydrogen) atoms. The number of carbonyl (C=O) groups excluding carboxylic acids is 1. The number of piperidine rings is 1. The molecule has 6 nitrogen and oxygen atoms in total. The number of carboxylic acid groups (broad SMARTS) is 1. The molecule has 0 radical (unpaired) electrons.